The fourth-order valence-electron chi connectivity index (χ4n) is 1.87. The van der Waals surface area contributed by atoms with Gasteiger partial charge in [0.05, 0.1) is 5.69 Å². The average Bonchev–Trinajstić information content (AvgIpc) is 2.61. The highest BCUT2D eigenvalue weighted by molar-refractivity contribution is 7.99. The predicted molar refractivity (Wildman–Crippen MR) is 73.7 cm³/mol. The lowest BCUT2D eigenvalue weighted by Gasteiger charge is -2.32. The van der Waals surface area contributed by atoms with Gasteiger partial charge in [-0.15, -0.1) is 11.3 Å². The van der Waals surface area contributed by atoms with Crippen molar-refractivity contribution in [3.8, 4) is 0 Å². The Morgan fingerprint density at radius 3 is 3.06 bits per heavy atom. The van der Waals surface area contributed by atoms with Crippen LogP contribution in [-0.4, -0.2) is 36.1 Å². The second-order valence-electron chi connectivity index (χ2n) is 4.15. The van der Waals surface area contributed by atoms with E-state index in [0.29, 0.717) is 6.04 Å². The topological polar surface area (TPSA) is 28.2 Å². The number of hydrogen-bond donors (Lipinski definition) is 1. The third kappa shape index (κ3) is 2.52. The van der Waals surface area contributed by atoms with Gasteiger partial charge in [-0.1, -0.05) is 0 Å². The van der Waals surface area contributed by atoms with E-state index < -0.39 is 0 Å². The minimum atomic E-state index is 0.617. The van der Waals surface area contributed by atoms with Crippen LogP contribution >= 0.6 is 23.1 Å². The van der Waals surface area contributed by atoms with Crippen molar-refractivity contribution in [2.45, 2.75) is 26.4 Å². The van der Waals surface area contributed by atoms with Gasteiger partial charge in [-0.2, -0.15) is 11.8 Å². The number of aryl methyl sites for hydroxylation is 1. The normalized spacial score (nSPS) is 21.4. The summed E-state index contributed by atoms with van der Waals surface area (Å²) >= 11 is 3.88. The van der Waals surface area contributed by atoms with Gasteiger partial charge >= 0.3 is 0 Å². The van der Waals surface area contributed by atoms with Crippen molar-refractivity contribution < 1.29 is 0 Å². The molecule has 1 saturated heterocycles. The molecule has 1 fully saturated rings. The maximum atomic E-state index is 4.70. The van der Waals surface area contributed by atoms with E-state index in [9.17, 15) is 0 Å². The summed E-state index contributed by atoms with van der Waals surface area (Å²) in [5.74, 6) is 2.45. The molecule has 0 amide bonds. The van der Waals surface area contributed by atoms with Gasteiger partial charge < -0.3 is 10.2 Å². The van der Waals surface area contributed by atoms with E-state index in [1.165, 1.54) is 27.2 Å². The fraction of sp³-hybridized carbons (Fsp3) is 0.727. The minimum Gasteiger partial charge on any atom is -0.344 e. The molecular formula is C11H19N3S2. The minimum absolute atomic E-state index is 0.617. The summed E-state index contributed by atoms with van der Waals surface area (Å²) in [5.41, 5.74) is 1.18. The molecule has 1 aliphatic heterocycles. The van der Waals surface area contributed by atoms with Gasteiger partial charge in [-0.05, 0) is 20.9 Å². The Hall–Kier alpha value is -0.260. The van der Waals surface area contributed by atoms with Crippen LogP contribution in [0.2, 0.25) is 0 Å². The number of hydrogen-bond acceptors (Lipinski definition) is 5. The lowest BCUT2D eigenvalue weighted by molar-refractivity contribution is 0.696. The van der Waals surface area contributed by atoms with Crippen LogP contribution in [0.5, 0.6) is 0 Å². The molecule has 1 N–H and O–H groups in total. The molecule has 16 heavy (non-hydrogen) atoms. The van der Waals surface area contributed by atoms with Crippen LogP contribution in [0.25, 0.3) is 0 Å². The molecular weight excluding hydrogens is 238 g/mol. The van der Waals surface area contributed by atoms with Gasteiger partial charge in [0.2, 0.25) is 0 Å². The Morgan fingerprint density at radius 2 is 2.38 bits per heavy atom. The first-order valence-corrected chi connectivity index (χ1v) is 7.64. The quantitative estimate of drug-likeness (QED) is 0.898. The predicted octanol–water partition coefficient (Wildman–Crippen LogP) is 2.11. The first-order valence-electron chi connectivity index (χ1n) is 5.67. The molecule has 0 aromatic carbocycles. The molecule has 1 aromatic heterocycles. The van der Waals surface area contributed by atoms with E-state index in [1.807, 2.05) is 30.1 Å². The van der Waals surface area contributed by atoms with E-state index in [2.05, 4.69) is 24.1 Å². The van der Waals surface area contributed by atoms with Crippen LogP contribution in [0.3, 0.4) is 0 Å². The molecule has 2 heterocycles. The Kier molecular flexibility index (Phi) is 4.10. The van der Waals surface area contributed by atoms with E-state index in [4.69, 9.17) is 4.98 Å². The zero-order valence-electron chi connectivity index (χ0n) is 10.1. The van der Waals surface area contributed by atoms with Crippen LogP contribution in [0, 0.1) is 6.92 Å². The molecule has 5 heteroatoms. The number of thioether (sulfide) groups is 1. The average molecular weight is 257 g/mol. The van der Waals surface area contributed by atoms with Crippen LogP contribution in [0.4, 0.5) is 5.13 Å². The zero-order chi connectivity index (χ0) is 11.5. The standard InChI is InChI=1S/C11H19N3S2/c1-8-7-15-5-4-14(8)11-13-9(2)10(16-11)6-12-3/h8,12H,4-7H2,1-3H3. The van der Waals surface area contributed by atoms with Gasteiger partial charge in [0.25, 0.3) is 0 Å². The number of rotatable bonds is 3. The zero-order valence-corrected chi connectivity index (χ0v) is 11.7. The van der Waals surface area contributed by atoms with Crippen LogP contribution in [-0.2, 0) is 6.54 Å². The lowest BCUT2D eigenvalue weighted by atomic mass is 10.3. The lowest BCUT2D eigenvalue weighted by Crippen LogP contribution is -2.40. The Morgan fingerprint density at radius 1 is 1.56 bits per heavy atom. The summed E-state index contributed by atoms with van der Waals surface area (Å²) in [5, 5.41) is 4.40. The van der Waals surface area contributed by atoms with Gasteiger partial charge in [-0.3, -0.25) is 0 Å². The van der Waals surface area contributed by atoms with Crippen molar-refractivity contribution in [3.63, 3.8) is 0 Å². The van der Waals surface area contributed by atoms with Crippen LogP contribution in [0.1, 0.15) is 17.5 Å². The summed E-state index contributed by atoms with van der Waals surface area (Å²) in [7, 11) is 1.99. The molecule has 2 rings (SSSR count). The molecule has 0 bridgehead atoms. The van der Waals surface area contributed by atoms with Crippen molar-refractivity contribution in [1.82, 2.24) is 10.3 Å². The number of aromatic nitrogens is 1. The highest BCUT2D eigenvalue weighted by atomic mass is 32.2. The third-order valence-corrected chi connectivity index (χ3v) is 5.22. The molecule has 0 spiro atoms. The van der Waals surface area contributed by atoms with Crippen LogP contribution in [0.15, 0.2) is 0 Å². The molecule has 0 saturated carbocycles. The fourth-order valence-corrected chi connectivity index (χ4v) is 4.09. The van der Waals surface area contributed by atoms with E-state index >= 15 is 0 Å². The second kappa shape index (κ2) is 5.38. The van der Waals surface area contributed by atoms with E-state index in [0.717, 1.165) is 13.1 Å². The Balaban J connectivity index is 2.16. The molecule has 90 valence electrons. The second-order valence-corrected chi connectivity index (χ2v) is 6.36. The first kappa shape index (κ1) is 12.2. The molecule has 1 aliphatic rings. The summed E-state index contributed by atoms with van der Waals surface area (Å²) in [6.07, 6.45) is 0. The monoisotopic (exact) mass is 257 g/mol. The smallest absolute Gasteiger partial charge is 0.186 e. The summed E-state index contributed by atoms with van der Waals surface area (Å²) < 4.78 is 0. The van der Waals surface area contributed by atoms with Gasteiger partial charge in [0.15, 0.2) is 5.13 Å². The van der Waals surface area contributed by atoms with Crippen LogP contribution < -0.4 is 10.2 Å². The maximum Gasteiger partial charge on any atom is 0.186 e. The van der Waals surface area contributed by atoms with Gasteiger partial charge in [0.1, 0.15) is 0 Å². The largest absolute Gasteiger partial charge is 0.344 e. The molecule has 1 atom stereocenters. The van der Waals surface area contributed by atoms with E-state index in [1.54, 1.807) is 0 Å². The van der Waals surface area contributed by atoms with Crippen molar-refractivity contribution in [3.05, 3.63) is 10.6 Å². The van der Waals surface area contributed by atoms with Crippen molar-refractivity contribution >= 4 is 28.2 Å². The molecule has 3 nitrogen and oxygen atoms in total. The third-order valence-electron chi connectivity index (χ3n) is 2.83. The molecule has 1 aromatic rings. The number of nitrogens with zero attached hydrogens (tertiary/aromatic N) is 2. The molecule has 0 aliphatic carbocycles. The molecule has 0 radical (unpaired) electrons. The van der Waals surface area contributed by atoms with Crippen molar-refractivity contribution in [2.75, 3.05) is 30.0 Å². The van der Waals surface area contributed by atoms with Gasteiger partial charge in [-0.25, -0.2) is 4.98 Å². The number of anilines is 1. The number of nitrogens with one attached hydrogen (secondary N) is 1. The first-order chi connectivity index (χ1) is 7.72. The van der Waals surface area contributed by atoms with Crippen molar-refractivity contribution in [2.24, 2.45) is 0 Å². The molecule has 1 unspecified atom stereocenters. The maximum absolute atomic E-state index is 4.70. The Labute approximate surface area is 106 Å². The SMILES string of the molecule is CNCc1sc(N2CCSCC2C)nc1C. The number of thiazole rings is 1. The summed E-state index contributed by atoms with van der Waals surface area (Å²) in [4.78, 5) is 8.51. The Bertz CT molecular complexity index is 351. The highest BCUT2D eigenvalue weighted by Gasteiger charge is 2.22. The van der Waals surface area contributed by atoms with E-state index in [-0.39, 0.29) is 0 Å². The highest BCUT2D eigenvalue weighted by Crippen LogP contribution is 2.30. The summed E-state index contributed by atoms with van der Waals surface area (Å²) in [6.45, 7) is 6.47. The van der Waals surface area contributed by atoms with Gasteiger partial charge in [0, 0.05) is 35.5 Å². The summed E-state index contributed by atoms with van der Waals surface area (Å²) in [6, 6.07) is 0.617. The van der Waals surface area contributed by atoms with Crippen molar-refractivity contribution in [1.29, 1.82) is 0 Å².